The molecule has 0 saturated carbocycles. The molecule has 16 heavy (non-hydrogen) atoms. The average Bonchev–Trinajstić information content (AvgIpc) is 2.70. The highest BCUT2D eigenvalue weighted by atomic mass is 16.5. The van der Waals surface area contributed by atoms with Crippen molar-refractivity contribution in [2.45, 2.75) is 13.1 Å². The van der Waals surface area contributed by atoms with Crippen molar-refractivity contribution < 1.29 is 14.3 Å². The molecule has 0 saturated heterocycles. The summed E-state index contributed by atoms with van der Waals surface area (Å²) in [7, 11) is 1.35. The Morgan fingerprint density at radius 3 is 2.81 bits per heavy atom. The van der Waals surface area contributed by atoms with Crippen LogP contribution in [-0.2, 0) is 17.8 Å². The number of nitrogens with two attached hydrogens (primary N) is 1. The molecule has 2 amide bonds. The molecule has 0 spiro atoms. The van der Waals surface area contributed by atoms with Gasteiger partial charge in [0.05, 0.1) is 19.2 Å². The fourth-order valence-electron chi connectivity index (χ4n) is 1.82. The first kappa shape index (κ1) is 10.5. The van der Waals surface area contributed by atoms with E-state index >= 15 is 0 Å². The third-order valence-corrected chi connectivity index (χ3v) is 2.67. The van der Waals surface area contributed by atoms with Gasteiger partial charge in [0.25, 0.3) is 0 Å². The SMILES string of the molecule is COC(=O)N1CCn2cc(C(N)=O)cc2C1. The zero-order valence-corrected chi connectivity index (χ0v) is 8.97. The Balaban J connectivity index is 2.20. The molecule has 0 aliphatic carbocycles. The third kappa shape index (κ3) is 1.73. The van der Waals surface area contributed by atoms with Crippen molar-refractivity contribution in [1.29, 1.82) is 0 Å². The van der Waals surface area contributed by atoms with Gasteiger partial charge in [-0.3, -0.25) is 4.79 Å². The molecule has 0 fully saturated rings. The summed E-state index contributed by atoms with van der Waals surface area (Å²) in [6.07, 6.45) is 1.36. The molecular weight excluding hydrogens is 210 g/mol. The summed E-state index contributed by atoms with van der Waals surface area (Å²) in [5, 5.41) is 0. The summed E-state index contributed by atoms with van der Waals surface area (Å²) in [6.45, 7) is 1.67. The van der Waals surface area contributed by atoms with Gasteiger partial charge >= 0.3 is 6.09 Å². The Morgan fingerprint density at radius 1 is 1.44 bits per heavy atom. The summed E-state index contributed by atoms with van der Waals surface area (Å²) < 4.78 is 6.58. The minimum absolute atomic E-state index is 0.354. The van der Waals surface area contributed by atoms with E-state index in [4.69, 9.17) is 5.73 Å². The van der Waals surface area contributed by atoms with Crippen LogP contribution in [0.5, 0.6) is 0 Å². The topological polar surface area (TPSA) is 77.6 Å². The third-order valence-electron chi connectivity index (χ3n) is 2.67. The standard InChI is InChI=1S/C10H13N3O3/c1-16-10(15)13-3-2-12-5-7(9(11)14)4-8(12)6-13/h4-5H,2-3,6H2,1H3,(H2,11,14). The maximum Gasteiger partial charge on any atom is 0.409 e. The van der Waals surface area contributed by atoms with Crippen molar-refractivity contribution in [1.82, 2.24) is 9.47 Å². The van der Waals surface area contributed by atoms with Crippen molar-refractivity contribution >= 4 is 12.0 Å². The number of aromatic nitrogens is 1. The highest BCUT2D eigenvalue weighted by molar-refractivity contribution is 5.92. The van der Waals surface area contributed by atoms with Gasteiger partial charge < -0.3 is 19.9 Å². The zero-order valence-electron chi connectivity index (χ0n) is 8.97. The van der Waals surface area contributed by atoms with Gasteiger partial charge in [0.2, 0.25) is 5.91 Å². The maximum absolute atomic E-state index is 11.3. The zero-order chi connectivity index (χ0) is 11.7. The molecule has 1 aromatic heterocycles. The number of ether oxygens (including phenoxy) is 1. The fourth-order valence-corrected chi connectivity index (χ4v) is 1.82. The lowest BCUT2D eigenvalue weighted by Gasteiger charge is -2.27. The van der Waals surface area contributed by atoms with Crippen molar-refractivity contribution in [2.24, 2.45) is 5.73 Å². The van der Waals surface area contributed by atoms with E-state index < -0.39 is 5.91 Å². The van der Waals surface area contributed by atoms with Gasteiger partial charge in [-0.1, -0.05) is 0 Å². The van der Waals surface area contributed by atoms with Gasteiger partial charge in [0.1, 0.15) is 0 Å². The van der Waals surface area contributed by atoms with Crippen LogP contribution in [0.1, 0.15) is 16.1 Å². The molecule has 86 valence electrons. The number of primary amides is 1. The van der Waals surface area contributed by atoms with Crippen LogP contribution >= 0.6 is 0 Å². The number of methoxy groups -OCH3 is 1. The second-order valence-electron chi connectivity index (χ2n) is 3.67. The first-order valence-corrected chi connectivity index (χ1v) is 4.93. The number of hydrogen-bond acceptors (Lipinski definition) is 3. The van der Waals surface area contributed by atoms with E-state index in [9.17, 15) is 9.59 Å². The molecule has 0 unspecified atom stereocenters. The van der Waals surface area contributed by atoms with Crippen LogP contribution in [0, 0.1) is 0 Å². The Labute approximate surface area is 92.6 Å². The van der Waals surface area contributed by atoms with E-state index in [0.717, 1.165) is 5.69 Å². The number of nitrogens with zero attached hydrogens (tertiary/aromatic N) is 2. The summed E-state index contributed by atoms with van der Waals surface area (Å²) in [5.41, 5.74) is 6.56. The van der Waals surface area contributed by atoms with E-state index in [1.165, 1.54) is 7.11 Å². The normalized spacial score (nSPS) is 14.4. The lowest BCUT2D eigenvalue weighted by atomic mass is 10.3. The summed E-state index contributed by atoms with van der Waals surface area (Å²) in [5.74, 6) is -0.452. The number of hydrogen-bond donors (Lipinski definition) is 1. The molecule has 1 aromatic rings. The van der Waals surface area contributed by atoms with E-state index in [2.05, 4.69) is 4.74 Å². The lowest BCUT2D eigenvalue weighted by Crippen LogP contribution is -2.37. The Hall–Kier alpha value is -1.98. The molecule has 0 radical (unpaired) electrons. The average molecular weight is 223 g/mol. The molecule has 0 atom stereocenters. The number of fused-ring (bicyclic) bond motifs is 1. The predicted molar refractivity (Wildman–Crippen MR) is 55.8 cm³/mol. The fraction of sp³-hybridized carbons (Fsp3) is 0.400. The van der Waals surface area contributed by atoms with E-state index in [1.54, 1.807) is 17.2 Å². The van der Waals surface area contributed by atoms with E-state index in [-0.39, 0.29) is 6.09 Å². The van der Waals surface area contributed by atoms with Gasteiger partial charge in [0.15, 0.2) is 0 Å². The number of amides is 2. The number of carbonyl (C=O) groups is 2. The van der Waals surface area contributed by atoms with E-state index in [0.29, 0.717) is 25.2 Å². The van der Waals surface area contributed by atoms with Gasteiger partial charge in [-0.15, -0.1) is 0 Å². The highest BCUT2D eigenvalue weighted by Gasteiger charge is 2.22. The van der Waals surface area contributed by atoms with Crippen molar-refractivity contribution in [2.75, 3.05) is 13.7 Å². The van der Waals surface area contributed by atoms with Crippen molar-refractivity contribution in [3.8, 4) is 0 Å². The lowest BCUT2D eigenvalue weighted by molar-refractivity contribution is 0.0999. The number of rotatable bonds is 1. The molecule has 0 aromatic carbocycles. The van der Waals surface area contributed by atoms with Crippen LogP contribution in [0.4, 0.5) is 4.79 Å². The Morgan fingerprint density at radius 2 is 2.19 bits per heavy atom. The van der Waals surface area contributed by atoms with Crippen LogP contribution < -0.4 is 5.73 Å². The summed E-state index contributed by atoms with van der Waals surface area (Å²) in [4.78, 5) is 23.9. The Kier molecular flexibility index (Phi) is 2.55. The second-order valence-corrected chi connectivity index (χ2v) is 3.67. The quantitative estimate of drug-likeness (QED) is 0.737. The molecule has 2 heterocycles. The van der Waals surface area contributed by atoms with Crippen LogP contribution in [0.15, 0.2) is 12.3 Å². The molecule has 1 aliphatic heterocycles. The molecule has 1 aliphatic rings. The van der Waals surface area contributed by atoms with Crippen LogP contribution in [-0.4, -0.2) is 35.1 Å². The summed E-state index contributed by atoms with van der Waals surface area (Å²) in [6, 6.07) is 1.71. The van der Waals surface area contributed by atoms with E-state index in [1.807, 2.05) is 4.57 Å². The largest absolute Gasteiger partial charge is 0.453 e. The molecular formula is C10H13N3O3. The second kappa shape index (κ2) is 3.88. The van der Waals surface area contributed by atoms with Gasteiger partial charge in [-0.05, 0) is 6.07 Å². The van der Waals surface area contributed by atoms with Crippen LogP contribution in [0.25, 0.3) is 0 Å². The maximum atomic E-state index is 11.3. The predicted octanol–water partition coefficient (Wildman–Crippen LogP) is 0.169. The van der Waals surface area contributed by atoms with Gasteiger partial charge in [0, 0.05) is 25.0 Å². The number of carbonyl (C=O) groups excluding carboxylic acids is 2. The molecule has 2 rings (SSSR count). The molecule has 6 nitrogen and oxygen atoms in total. The van der Waals surface area contributed by atoms with Crippen LogP contribution in [0.3, 0.4) is 0 Å². The highest BCUT2D eigenvalue weighted by Crippen LogP contribution is 2.16. The molecule has 0 bridgehead atoms. The van der Waals surface area contributed by atoms with Gasteiger partial charge in [-0.25, -0.2) is 4.79 Å². The van der Waals surface area contributed by atoms with Gasteiger partial charge in [-0.2, -0.15) is 0 Å². The smallest absolute Gasteiger partial charge is 0.409 e. The Bertz CT molecular complexity index is 439. The van der Waals surface area contributed by atoms with Crippen molar-refractivity contribution in [3.05, 3.63) is 23.5 Å². The first-order chi connectivity index (χ1) is 7.61. The minimum Gasteiger partial charge on any atom is -0.453 e. The first-order valence-electron chi connectivity index (χ1n) is 4.93. The monoisotopic (exact) mass is 223 g/mol. The summed E-state index contributed by atoms with van der Waals surface area (Å²) >= 11 is 0. The minimum atomic E-state index is -0.452. The van der Waals surface area contributed by atoms with Crippen LogP contribution in [0.2, 0.25) is 0 Å². The van der Waals surface area contributed by atoms with Crippen molar-refractivity contribution in [3.63, 3.8) is 0 Å². The molecule has 6 heteroatoms. The molecule has 2 N–H and O–H groups in total.